The van der Waals surface area contributed by atoms with Gasteiger partial charge in [0.1, 0.15) is 23.0 Å². The van der Waals surface area contributed by atoms with Crippen LogP contribution in [0.4, 0.5) is 18.3 Å². The summed E-state index contributed by atoms with van der Waals surface area (Å²) in [4.78, 5) is 22.6. The Labute approximate surface area is 168 Å². The van der Waals surface area contributed by atoms with Crippen molar-refractivity contribution in [2.45, 2.75) is 13.0 Å². The summed E-state index contributed by atoms with van der Waals surface area (Å²) >= 11 is 1.14. The Morgan fingerprint density at radius 1 is 1.14 bits per heavy atom. The van der Waals surface area contributed by atoms with E-state index in [1.165, 1.54) is 11.0 Å². The van der Waals surface area contributed by atoms with Crippen molar-refractivity contribution >= 4 is 32.6 Å². The van der Waals surface area contributed by atoms with Gasteiger partial charge in [-0.15, -0.1) is 0 Å². The zero-order valence-corrected chi connectivity index (χ0v) is 15.9. The van der Waals surface area contributed by atoms with E-state index in [1.54, 1.807) is 30.9 Å². The zero-order chi connectivity index (χ0) is 20.4. The Hall–Kier alpha value is -3.20. The van der Waals surface area contributed by atoms with E-state index in [-0.39, 0.29) is 22.8 Å². The fourth-order valence-electron chi connectivity index (χ4n) is 2.94. The second-order valence-corrected chi connectivity index (χ2v) is 7.33. The molecule has 0 aliphatic carbocycles. The third kappa shape index (κ3) is 4.00. The number of rotatable bonds is 6. The number of carbonyl (C=O) groups excluding carboxylic acids is 1. The first-order chi connectivity index (χ1) is 14.0. The van der Waals surface area contributed by atoms with Gasteiger partial charge in [-0.05, 0) is 30.7 Å². The van der Waals surface area contributed by atoms with E-state index < -0.39 is 23.4 Å². The molecule has 0 aliphatic rings. The topological polar surface area (TPSA) is 51.0 Å². The maximum absolute atomic E-state index is 14.2. The highest BCUT2D eigenvalue weighted by Gasteiger charge is 2.24. The lowest BCUT2D eigenvalue weighted by Crippen LogP contribution is -2.33. The first kappa shape index (κ1) is 19.1. The van der Waals surface area contributed by atoms with Crippen LogP contribution in [0.1, 0.15) is 16.8 Å². The van der Waals surface area contributed by atoms with Crippen molar-refractivity contribution in [3.63, 3.8) is 0 Å². The molecule has 148 valence electrons. The first-order valence-electron chi connectivity index (χ1n) is 8.80. The van der Waals surface area contributed by atoms with Crippen LogP contribution < -0.4 is 4.90 Å². The molecule has 1 amide bonds. The molecule has 0 atom stereocenters. The molecule has 5 nitrogen and oxygen atoms in total. The van der Waals surface area contributed by atoms with Crippen LogP contribution in [0.3, 0.4) is 0 Å². The molecule has 2 aromatic heterocycles. The molecule has 0 saturated heterocycles. The molecule has 0 bridgehead atoms. The van der Waals surface area contributed by atoms with E-state index in [4.69, 9.17) is 0 Å². The van der Waals surface area contributed by atoms with Crippen LogP contribution in [-0.4, -0.2) is 27.0 Å². The number of halogens is 3. The second-order valence-electron chi connectivity index (χ2n) is 6.32. The fourth-order valence-corrected chi connectivity index (χ4v) is 3.95. The molecule has 0 unspecified atom stereocenters. The summed E-state index contributed by atoms with van der Waals surface area (Å²) in [6.45, 7) is 0.796. The molecule has 2 aromatic carbocycles. The van der Waals surface area contributed by atoms with Crippen LogP contribution in [0.2, 0.25) is 0 Å². The number of fused-ring (bicyclic) bond motifs is 1. The number of anilines is 1. The van der Waals surface area contributed by atoms with Crippen molar-refractivity contribution < 1.29 is 18.0 Å². The van der Waals surface area contributed by atoms with Crippen molar-refractivity contribution in [3.05, 3.63) is 78.1 Å². The fraction of sp³-hybridized carbons (Fsp3) is 0.150. The SMILES string of the molecule is O=C(c1ccc(F)cc1F)N(CCCn1ccnc1)c1nc2c(F)cccc2s1. The third-order valence-electron chi connectivity index (χ3n) is 4.35. The lowest BCUT2D eigenvalue weighted by atomic mass is 10.2. The predicted molar refractivity (Wildman–Crippen MR) is 104 cm³/mol. The molecule has 4 rings (SSSR count). The number of thiazole rings is 1. The van der Waals surface area contributed by atoms with Crippen LogP contribution in [0.5, 0.6) is 0 Å². The van der Waals surface area contributed by atoms with Crippen LogP contribution >= 0.6 is 11.3 Å². The second kappa shape index (κ2) is 8.04. The summed E-state index contributed by atoms with van der Waals surface area (Å²) in [6, 6.07) is 7.34. The van der Waals surface area contributed by atoms with E-state index in [1.807, 2.05) is 4.57 Å². The highest BCUT2D eigenvalue weighted by Crippen LogP contribution is 2.31. The maximum atomic E-state index is 14.2. The number of para-hydroxylation sites is 1. The highest BCUT2D eigenvalue weighted by atomic mass is 32.1. The Kier molecular flexibility index (Phi) is 5.30. The van der Waals surface area contributed by atoms with Crippen molar-refractivity contribution in [2.75, 3.05) is 11.4 Å². The molecule has 29 heavy (non-hydrogen) atoms. The van der Waals surface area contributed by atoms with Gasteiger partial charge in [0, 0.05) is 31.5 Å². The number of benzene rings is 2. The minimum atomic E-state index is -0.957. The number of hydrogen-bond acceptors (Lipinski definition) is 4. The summed E-state index contributed by atoms with van der Waals surface area (Å²) in [6.07, 6.45) is 5.62. The van der Waals surface area contributed by atoms with Gasteiger partial charge < -0.3 is 4.57 Å². The van der Waals surface area contributed by atoms with Gasteiger partial charge >= 0.3 is 0 Å². The number of amides is 1. The number of imidazole rings is 1. The Morgan fingerprint density at radius 2 is 2.00 bits per heavy atom. The van der Waals surface area contributed by atoms with Gasteiger partial charge in [-0.3, -0.25) is 9.69 Å². The molecule has 2 heterocycles. The molecule has 0 spiro atoms. The van der Waals surface area contributed by atoms with Crippen LogP contribution in [0.15, 0.2) is 55.1 Å². The van der Waals surface area contributed by atoms with E-state index in [2.05, 4.69) is 9.97 Å². The summed E-state index contributed by atoms with van der Waals surface area (Å²) in [5.74, 6) is -2.88. The first-order valence-corrected chi connectivity index (χ1v) is 9.62. The van der Waals surface area contributed by atoms with Crippen molar-refractivity contribution in [1.29, 1.82) is 0 Å². The van der Waals surface area contributed by atoms with Gasteiger partial charge in [0.2, 0.25) is 0 Å². The van der Waals surface area contributed by atoms with E-state index in [0.717, 1.165) is 23.5 Å². The number of aromatic nitrogens is 3. The molecule has 0 aliphatic heterocycles. The molecule has 0 radical (unpaired) electrons. The molecule has 0 N–H and O–H groups in total. The number of hydrogen-bond donors (Lipinski definition) is 0. The standard InChI is InChI=1S/C20H15F3N4OS/c21-13-5-6-14(16(23)11-13)19(28)27(9-2-8-26-10-7-24-12-26)20-25-18-15(22)3-1-4-17(18)29-20/h1,3-7,10-12H,2,8-9H2. The lowest BCUT2D eigenvalue weighted by Gasteiger charge is -2.20. The summed E-state index contributed by atoms with van der Waals surface area (Å²) in [7, 11) is 0. The molecule has 0 fully saturated rings. The average molecular weight is 416 g/mol. The maximum Gasteiger partial charge on any atom is 0.263 e. The Balaban J connectivity index is 1.67. The quantitative estimate of drug-likeness (QED) is 0.460. The van der Waals surface area contributed by atoms with E-state index >= 15 is 0 Å². The highest BCUT2D eigenvalue weighted by molar-refractivity contribution is 7.22. The van der Waals surface area contributed by atoms with E-state index in [0.29, 0.717) is 23.7 Å². The van der Waals surface area contributed by atoms with Gasteiger partial charge in [-0.2, -0.15) is 0 Å². The summed E-state index contributed by atoms with van der Waals surface area (Å²) < 4.78 is 44.0. The van der Waals surface area contributed by atoms with Gasteiger partial charge in [0.05, 0.1) is 16.6 Å². The third-order valence-corrected chi connectivity index (χ3v) is 5.40. The minimum Gasteiger partial charge on any atom is -0.337 e. The normalized spacial score (nSPS) is 11.1. The summed E-state index contributed by atoms with van der Waals surface area (Å²) in [5.41, 5.74) is -0.117. The van der Waals surface area contributed by atoms with Crippen LogP contribution in [0, 0.1) is 17.5 Å². The van der Waals surface area contributed by atoms with Gasteiger partial charge in [0.15, 0.2) is 5.13 Å². The van der Waals surface area contributed by atoms with Crippen LogP contribution in [-0.2, 0) is 6.54 Å². The van der Waals surface area contributed by atoms with Gasteiger partial charge in [-0.25, -0.2) is 23.1 Å². The zero-order valence-electron chi connectivity index (χ0n) is 15.1. The average Bonchev–Trinajstić information content (AvgIpc) is 3.35. The van der Waals surface area contributed by atoms with Crippen molar-refractivity contribution in [1.82, 2.24) is 14.5 Å². The van der Waals surface area contributed by atoms with E-state index in [9.17, 15) is 18.0 Å². The van der Waals surface area contributed by atoms with Crippen molar-refractivity contribution in [2.24, 2.45) is 0 Å². The smallest absolute Gasteiger partial charge is 0.263 e. The predicted octanol–water partition coefficient (Wildman–Crippen LogP) is 4.65. The molecular formula is C20H15F3N4OS. The van der Waals surface area contributed by atoms with Gasteiger partial charge in [-0.1, -0.05) is 17.4 Å². The Morgan fingerprint density at radius 3 is 2.72 bits per heavy atom. The monoisotopic (exact) mass is 416 g/mol. The number of nitrogens with zero attached hydrogens (tertiary/aromatic N) is 4. The molecular weight excluding hydrogens is 401 g/mol. The molecule has 4 aromatic rings. The number of carbonyl (C=O) groups is 1. The summed E-state index contributed by atoms with van der Waals surface area (Å²) in [5, 5.41) is 0.254. The minimum absolute atomic E-state index is 0.152. The van der Waals surface area contributed by atoms with Crippen LogP contribution in [0.25, 0.3) is 10.2 Å². The van der Waals surface area contributed by atoms with Gasteiger partial charge in [0.25, 0.3) is 5.91 Å². The lowest BCUT2D eigenvalue weighted by molar-refractivity contribution is 0.0982. The largest absolute Gasteiger partial charge is 0.337 e. The number of aryl methyl sites for hydroxylation is 1. The van der Waals surface area contributed by atoms with Crippen molar-refractivity contribution in [3.8, 4) is 0 Å². The molecule has 9 heteroatoms. The Bertz CT molecular complexity index is 1160. The molecule has 0 saturated carbocycles.